The van der Waals surface area contributed by atoms with Gasteiger partial charge in [-0.1, -0.05) is 19.9 Å². The molecular weight excluding hydrogens is 474 g/mol. The van der Waals surface area contributed by atoms with E-state index in [1.807, 2.05) is 20.8 Å². The fraction of sp³-hybridized carbons (Fsp3) is 0.250. The molecule has 190 valence electrons. The maximum Gasteiger partial charge on any atom is 0.295 e. The number of aromatic nitrogens is 1. The van der Waals surface area contributed by atoms with Gasteiger partial charge in [-0.3, -0.25) is 24.7 Å². The molecule has 0 saturated carbocycles. The van der Waals surface area contributed by atoms with Gasteiger partial charge in [0.2, 0.25) is 0 Å². The normalized spacial score (nSPS) is 16.9. The molecule has 0 radical (unpaired) electrons. The molecule has 3 aromatic rings. The SMILES string of the molecule is Cc1cc(C(O)=C2C(=O)C(=O)N(Cc3cccnc3)[C@@H]2c2ccc([N+](=O)[O-])cc2)ccc1OCC(C)C. The van der Waals surface area contributed by atoms with Gasteiger partial charge in [0.25, 0.3) is 17.4 Å². The highest BCUT2D eigenvalue weighted by molar-refractivity contribution is 6.46. The lowest BCUT2D eigenvalue weighted by atomic mass is 9.94. The van der Waals surface area contributed by atoms with Crippen LogP contribution in [-0.4, -0.2) is 38.2 Å². The predicted molar refractivity (Wildman–Crippen MR) is 137 cm³/mol. The smallest absolute Gasteiger partial charge is 0.295 e. The second kappa shape index (κ2) is 10.6. The highest BCUT2D eigenvalue weighted by atomic mass is 16.6. The Labute approximate surface area is 214 Å². The van der Waals surface area contributed by atoms with Crippen LogP contribution in [0.3, 0.4) is 0 Å². The number of aliphatic hydroxyl groups is 1. The number of non-ortho nitro benzene ring substituents is 1. The Morgan fingerprint density at radius 1 is 1.16 bits per heavy atom. The van der Waals surface area contributed by atoms with Gasteiger partial charge in [-0.25, -0.2) is 0 Å². The number of amides is 1. The standard InChI is InChI=1S/C28H27N3O6/c1-17(2)16-37-23-11-8-21(13-18(23)3)26(32)24-25(20-6-9-22(10-7-20)31(35)36)30(28(34)27(24)33)15-19-5-4-12-29-14-19/h4-14,17,25,32H,15-16H2,1-3H3/t25-/m1/s1. The van der Waals surface area contributed by atoms with E-state index in [1.165, 1.54) is 29.2 Å². The first-order valence-corrected chi connectivity index (χ1v) is 11.8. The van der Waals surface area contributed by atoms with Crippen molar-refractivity contribution in [2.24, 2.45) is 5.92 Å². The molecular formula is C28H27N3O6. The van der Waals surface area contributed by atoms with Crippen LogP contribution in [0.1, 0.15) is 42.1 Å². The first-order valence-electron chi connectivity index (χ1n) is 11.8. The Morgan fingerprint density at radius 3 is 2.49 bits per heavy atom. The van der Waals surface area contributed by atoms with Gasteiger partial charge in [0.1, 0.15) is 11.5 Å². The number of Topliss-reactive ketones (excluding diaryl/α,β-unsaturated/α-hetero) is 1. The molecule has 0 bridgehead atoms. The average molecular weight is 502 g/mol. The zero-order valence-corrected chi connectivity index (χ0v) is 20.7. The second-order valence-electron chi connectivity index (χ2n) is 9.32. The zero-order valence-electron chi connectivity index (χ0n) is 20.7. The minimum Gasteiger partial charge on any atom is -0.507 e. The zero-order chi connectivity index (χ0) is 26.7. The summed E-state index contributed by atoms with van der Waals surface area (Å²) >= 11 is 0. The number of benzene rings is 2. The molecule has 9 nitrogen and oxygen atoms in total. The maximum atomic E-state index is 13.3. The number of hydrogen-bond acceptors (Lipinski definition) is 7. The van der Waals surface area contributed by atoms with Crippen LogP contribution >= 0.6 is 0 Å². The van der Waals surface area contributed by atoms with Gasteiger partial charge >= 0.3 is 0 Å². The van der Waals surface area contributed by atoms with E-state index in [-0.39, 0.29) is 23.6 Å². The van der Waals surface area contributed by atoms with Gasteiger partial charge in [-0.2, -0.15) is 0 Å². The lowest BCUT2D eigenvalue weighted by Crippen LogP contribution is -2.29. The number of nitro groups is 1. The summed E-state index contributed by atoms with van der Waals surface area (Å²) in [5, 5.41) is 22.5. The van der Waals surface area contributed by atoms with Crippen molar-refractivity contribution in [3.8, 4) is 5.75 Å². The number of nitrogens with zero attached hydrogens (tertiary/aromatic N) is 3. The number of aliphatic hydroxyl groups excluding tert-OH is 1. The molecule has 1 saturated heterocycles. The fourth-order valence-corrected chi connectivity index (χ4v) is 4.23. The number of rotatable bonds is 8. The number of pyridine rings is 1. The van der Waals surface area contributed by atoms with Crippen molar-refractivity contribution in [1.82, 2.24) is 9.88 Å². The number of carbonyl (C=O) groups excluding carboxylic acids is 2. The van der Waals surface area contributed by atoms with E-state index in [4.69, 9.17) is 4.74 Å². The number of carbonyl (C=O) groups is 2. The first-order chi connectivity index (χ1) is 17.7. The van der Waals surface area contributed by atoms with Crippen LogP contribution in [0.4, 0.5) is 5.69 Å². The van der Waals surface area contributed by atoms with Crippen molar-refractivity contribution in [2.45, 2.75) is 33.4 Å². The molecule has 1 atom stereocenters. The number of ether oxygens (including phenoxy) is 1. The fourth-order valence-electron chi connectivity index (χ4n) is 4.23. The van der Waals surface area contributed by atoms with Gasteiger partial charge in [-0.05, 0) is 65.9 Å². The van der Waals surface area contributed by atoms with E-state index in [1.54, 1.807) is 42.7 Å². The molecule has 1 fully saturated rings. The van der Waals surface area contributed by atoms with Crippen molar-refractivity contribution >= 4 is 23.1 Å². The third-order valence-corrected chi connectivity index (χ3v) is 6.06. The minimum atomic E-state index is -0.946. The van der Waals surface area contributed by atoms with E-state index in [9.17, 15) is 24.8 Å². The van der Waals surface area contributed by atoms with Gasteiger partial charge in [0, 0.05) is 36.6 Å². The van der Waals surface area contributed by atoms with Crippen molar-refractivity contribution in [3.63, 3.8) is 0 Å². The number of aryl methyl sites for hydroxylation is 1. The van der Waals surface area contributed by atoms with Crippen molar-refractivity contribution in [2.75, 3.05) is 6.61 Å². The van der Waals surface area contributed by atoms with Crippen LogP contribution in [-0.2, 0) is 16.1 Å². The molecule has 37 heavy (non-hydrogen) atoms. The summed E-state index contributed by atoms with van der Waals surface area (Å²) in [6.45, 7) is 6.52. The predicted octanol–water partition coefficient (Wildman–Crippen LogP) is 4.95. The van der Waals surface area contributed by atoms with Crippen LogP contribution < -0.4 is 4.74 Å². The Bertz CT molecular complexity index is 1370. The third kappa shape index (κ3) is 5.35. The number of likely N-dealkylation sites (tertiary alicyclic amines) is 1. The topological polar surface area (TPSA) is 123 Å². The van der Waals surface area contributed by atoms with E-state index in [0.717, 1.165) is 5.56 Å². The average Bonchev–Trinajstić information content (AvgIpc) is 3.13. The number of nitro benzene ring substituents is 1. The molecule has 1 aliphatic rings. The van der Waals surface area contributed by atoms with E-state index in [0.29, 0.717) is 35.0 Å². The van der Waals surface area contributed by atoms with Crippen LogP contribution in [0.15, 0.2) is 72.6 Å². The summed E-state index contributed by atoms with van der Waals surface area (Å²) < 4.78 is 5.81. The molecule has 4 rings (SSSR count). The van der Waals surface area contributed by atoms with Crippen molar-refractivity contribution in [1.29, 1.82) is 0 Å². The quantitative estimate of drug-likeness (QED) is 0.152. The van der Waals surface area contributed by atoms with Crippen LogP contribution in [0.5, 0.6) is 5.75 Å². The van der Waals surface area contributed by atoms with Gasteiger partial charge in [0.15, 0.2) is 0 Å². The van der Waals surface area contributed by atoms with E-state index < -0.39 is 22.7 Å². The monoisotopic (exact) mass is 501 g/mol. The van der Waals surface area contributed by atoms with Crippen molar-refractivity contribution < 1.29 is 24.4 Å². The third-order valence-electron chi connectivity index (χ3n) is 6.06. The Kier molecular flexibility index (Phi) is 7.33. The molecule has 9 heteroatoms. The molecule has 1 aliphatic heterocycles. The summed E-state index contributed by atoms with van der Waals surface area (Å²) in [5.41, 5.74) is 2.07. The van der Waals surface area contributed by atoms with Gasteiger partial charge in [0.05, 0.1) is 23.1 Å². The van der Waals surface area contributed by atoms with Gasteiger partial charge < -0.3 is 14.7 Å². The Balaban J connectivity index is 1.80. The lowest BCUT2D eigenvalue weighted by molar-refractivity contribution is -0.384. The number of ketones is 1. The molecule has 1 amide bonds. The van der Waals surface area contributed by atoms with Crippen LogP contribution in [0.2, 0.25) is 0 Å². The molecule has 2 aromatic carbocycles. The molecule has 1 N–H and O–H groups in total. The maximum absolute atomic E-state index is 13.3. The summed E-state index contributed by atoms with van der Waals surface area (Å²) in [4.78, 5) is 42.5. The molecule has 2 heterocycles. The summed E-state index contributed by atoms with van der Waals surface area (Å²) in [6, 6.07) is 13.2. The van der Waals surface area contributed by atoms with Crippen LogP contribution in [0, 0.1) is 23.0 Å². The van der Waals surface area contributed by atoms with E-state index in [2.05, 4.69) is 4.98 Å². The summed E-state index contributed by atoms with van der Waals surface area (Å²) in [7, 11) is 0. The summed E-state index contributed by atoms with van der Waals surface area (Å²) in [5.74, 6) is -0.932. The first kappa shape index (κ1) is 25.6. The summed E-state index contributed by atoms with van der Waals surface area (Å²) in [6.07, 6.45) is 3.19. The van der Waals surface area contributed by atoms with Crippen LogP contribution in [0.25, 0.3) is 5.76 Å². The highest BCUT2D eigenvalue weighted by Crippen LogP contribution is 2.41. The highest BCUT2D eigenvalue weighted by Gasteiger charge is 2.46. The molecule has 1 aromatic heterocycles. The largest absolute Gasteiger partial charge is 0.507 e. The molecule has 0 aliphatic carbocycles. The second-order valence-corrected chi connectivity index (χ2v) is 9.32. The lowest BCUT2D eigenvalue weighted by Gasteiger charge is -2.25. The van der Waals surface area contributed by atoms with Crippen molar-refractivity contribution in [3.05, 3.63) is 105 Å². The van der Waals surface area contributed by atoms with E-state index >= 15 is 0 Å². The Hall–Kier alpha value is -4.53. The molecule has 0 spiro atoms. The van der Waals surface area contributed by atoms with Gasteiger partial charge in [-0.15, -0.1) is 0 Å². The Morgan fingerprint density at radius 2 is 1.89 bits per heavy atom. The number of hydrogen-bond donors (Lipinski definition) is 1. The minimum absolute atomic E-state index is 0.0673. The molecule has 0 unspecified atom stereocenters.